The van der Waals surface area contributed by atoms with E-state index in [2.05, 4.69) is 40.9 Å². The molecule has 0 saturated heterocycles. The number of anilines is 1. The standard InChI is InChI=1S/C24H23F5N8O3S/c25-16(12-37-13-19(33-36-37)22(39)31-11-14-2-1-7-30-10-14)3-6-21-34-35-23(41-21)32-20(38)9-15-8-17(4-5-18(15)26)40-24(27,28)29/h1-2,5,7-8,10,13,16-17H,3-4,6,9,11-12H2,(H,31,39)(H,32,35,38). The van der Waals surface area contributed by atoms with Crippen molar-refractivity contribution in [1.29, 1.82) is 0 Å². The molecule has 218 valence electrons. The number of aromatic nitrogens is 6. The summed E-state index contributed by atoms with van der Waals surface area (Å²) in [6, 6.07) is 3.54. The van der Waals surface area contributed by atoms with E-state index in [0.29, 0.717) is 5.01 Å². The Morgan fingerprint density at radius 2 is 2.07 bits per heavy atom. The summed E-state index contributed by atoms with van der Waals surface area (Å²) in [6.07, 6.45) is -1.91. The molecule has 0 saturated carbocycles. The molecule has 0 fully saturated rings. The topological polar surface area (TPSA) is 137 Å². The Morgan fingerprint density at radius 3 is 2.83 bits per heavy atom. The predicted octanol–water partition coefficient (Wildman–Crippen LogP) is 3.84. The molecule has 0 aliphatic heterocycles. The first kappa shape index (κ1) is 29.9. The molecule has 3 heterocycles. The van der Waals surface area contributed by atoms with Crippen LogP contribution in [-0.2, 0) is 29.0 Å². The minimum atomic E-state index is -4.90. The number of carbonyl (C=O) groups is 2. The normalized spacial score (nSPS) is 16.1. The number of ether oxygens (including phenoxy) is 1. The first-order chi connectivity index (χ1) is 19.5. The van der Waals surface area contributed by atoms with Crippen LogP contribution in [0, 0.1) is 0 Å². The van der Waals surface area contributed by atoms with Gasteiger partial charge >= 0.3 is 6.36 Å². The van der Waals surface area contributed by atoms with E-state index in [1.807, 2.05) is 0 Å². The van der Waals surface area contributed by atoms with Crippen LogP contribution in [0.4, 0.5) is 27.1 Å². The van der Waals surface area contributed by atoms with Crippen molar-refractivity contribution in [3.63, 3.8) is 0 Å². The Morgan fingerprint density at radius 1 is 1.24 bits per heavy atom. The highest BCUT2D eigenvalue weighted by Crippen LogP contribution is 2.29. The number of hydrogen-bond donors (Lipinski definition) is 2. The molecular formula is C24H23F5N8O3S. The van der Waals surface area contributed by atoms with Gasteiger partial charge in [-0.15, -0.1) is 28.5 Å². The molecule has 2 unspecified atom stereocenters. The quantitative estimate of drug-likeness (QED) is 0.300. The van der Waals surface area contributed by atoms with Crippen molar-refractivity contribution in [2.24, 2.45) is 0 Å². The molecular weight excluding hydrogens is 575 g/mol. The molecule has 3 aromatic rings. The SMILES string of the molecule is O=C(CC1=CC(OC(F)(F)F)CC=C1F)Nc1nnc(CCC(F)Cn2cc(C(=O)NCc3cccnc3)nn2)s1. The molecule has 0 radical (unpaired) electrons. The number of carbonyl (C=O) groups excluding carboxylic acids is 2. The number of nitrogens with zero attached hydrogens (tertiary/aromatic N) is 6. The molecule has 2 atom stereocenters. The zero-order valence-corrected chi connectivity index (χ0v) is 22.0. The summed E-state index contributed by atoms with van der Waals surface area (Å²) in [7, 11) is 0. The molecule has 2 amide bonds. The number of nitrogens with one attached hydrogen (secondary N) is 2. The monoisotopic (exact) mass is 598 g/mol. The maximum atomic E-state index is 14.6. The number of hydrogen-bond acceptors (Lipinski definition) is 9. The predicted molar refractivity (Wildman–Crippen MR) is 135 cm³/mol. The lowest BCUT2D eigenvalue weighted by molar-refractivity contribution is -0.336. The summed E-state index contributed by atoms with van der Waals surface area (Å²) in [5.74, 6) is -1.99. The third-order valence-electron chi connectivity index (χ3n) is 5.58. The molecule has 41 heavy (non-hydrogen) atoms. The maximum absolute atomic E-state index is 14.6. The average Bonchev–Trinajstić information content (AvgIpc) is 3.57. The Labute approximate surface area is 233 Å². The van der Waals surface area contributed by atoms with Crippen LogP contribution in [0.5, 0.6) is 0 Å². The molecule has 3 aromatic heterocycles. The van der Waals surface area contributed by atoms with Gasteiger partial charge in [-0.05, 0) is 42.2 Å². The van der Waals surface area contributed by atoms with Crippen LogP contribution in [0.2, 0.25) is 0 Å². The van der Waals surface area contributed by atoms with E-state index in [0.717, 1.165) is 29.1 Å². The molecule has 1 aliphatic carbocycles. The van der Waals surface area contributed by atoms with Crippen molar-refractivity contribution < 1.29 is 36.3 Å². The van der Waals surface area contributed by atoms with E-state index in [1.165, 1.54) is 10.9 Å². The van der Waals surface area contributed by atoms with Gasteiger partial charge in [0.05, 0.1) is 25.3 Å². The number of allylic oxidation sites excluding steroid dienone is 1. The Balaban J connectivity index is 1.20. The Kier molecular flexibility index (Phi) is 9.82. The van der Waals surface area contributed by atoms with Crippen LogP contribution in [0.25, 0.3) is 0 Å². The minimum Gasteiger partial charge on any atom is -0.346 e. The van der Waals surface area contributed by atoms with Crippen LogP contribution in [0.15, 0.2) is 54.3 Å². The van der Waals surface area contributed by atoms with E-state index in [4.69, 9.17) is 0 Å². The van der Waals surface area contributed by atoms with Crippen molar-refractivity contribution in [2.75, 3.05) is 5.32 Å². The lowest BCUT2D eigenvalue weighted by atomic mass is 10.0. The number of rotatable bonds is 12. The van der Waals surface area contributed by atoms with E-state index in [1.54, 1.807) is 24.5 Å². The molecule has 1 aliphatic rings. The summed E-state index contributed by atoms with van der Waals surface area (Å²) in [4.78, 5) is 28.5. The second-order valence-electron chi connectivity index (χ2n) is 8.81. The van der Waals surface area contributed by atoms with Crippen molar-refractivity contribution in [2.45, 2.75) is 57.4 Å². The zero-order valence-electron chi connectivity index (χ0n) is 21.1. The molecule has 0 spiro atoms. The fourth-order valence-corrected chi connectivity index (χ4v) is 4.47. The summed E-state index contributed by atoms with van der Waals surface area (Å²) < 4.78 is 71.0. The molecule has 0 bridgehead atoms. The lowest BCUT2D eigenvalue weighted by Crippen LogP contribution is -2.24. The van der Waals surface area contributed by atoms with Crippen LogP contribution in [0.1, 0.15) is 40.3 Å². The van der Waals surface area contributed by atoms with Gasteiger partial charge < -0.3 is 10.6 Å². The van der Waals surface area contributed by atoms with Crippen LogP contribution in [0.3, 0.4) is 0 Å². The van der Waals surface area contributed by atoms with Gasteiger partial charge in [0.2, 0.25) is 11.0 Å². The highest BCUT2D eigenvalue weighted by molar-refractivity contribution is 7.15. The molecule has 2 N–H and O–H groups in total. The van der Waals surface area contributed by atoms with Gasteiger partial charge in [-0.1, -0.05) is 22.6 Å². The number of pyridine rings is 1. The largest absolute Gasteiger partial charge is 0.523 e. The summed E-state index contributed by atoms with van der Waals surface area (Å²) in [5, 5.41) is 20.8. The molecule has 4 rings (SSSR count). The minimum absolute atomic E-state index is 0.0355. The highest BCUT2D eigenvalue weighted by Gasteiger charge is 2.34. The van der Waals surface area contributed by atoms with Gasteiger partial charge in [0.25, 0.3) is 5.91 Å². The molecule has 17 heteroatoms. The fourth-order valence-electron chi connectivity index (χ4n) is 3.70. The van der Waals surface area contributed by atoms with Crippen LogP contribution < -0.4 is 10.6 Å². The third kappa shape index (κ3) is 9.49. The van der Waals surface area contributed by atoms with Crippen LogP contribution >= 0.6 is 11.3 Å². The summed E-state index contributed by atoms with van der Waals surface area (Å²) in [6.45, 7) is 0.0945. The second-order valence-corrected chi connectivity index (χ2v) is 9.88. The van der Waals surface area contributed by atoms with Crippen molar-refractivity contribution in [3.8, 4) is 0 Å². The smallest absolute Gasteiger partial charge is 0.346 e. The van der Waals surface area contributed by atoms with Crippen LogP contribution in [-0.4, -0.2) is 60.6 Å². The zero-order chi connectivity index (χ0) is 29.4. The van der Waals surface area contributed by atoms with Gasteiger partial charge in [-0.25, -0.2) is 13.5 Å². The Bertz CT molecular complexity index is 1410. The number of aryl methyl sites for hydroxylation is 1. The molecule has 0 aromatic carbocycles. The number of amides is 2. The van der Waals surface area contributed by atoms with Gasteiger partial charge in [0.15, 0.2) is 5.69 Å². The fraction of sp³-hybridized carbons (Fsp3) is 0.375. The van der Waals surface area contributed by atoms with E-state index < -0.39 is 42.7 Å². The van der Waals surface area contributed by atoms with Crippen molar-refractivity contribution in [3.05, 3.63) is 70.5 Å². The summed E-state index contributed by atoms with van der Waals surface area (Å²) >= 11 is 0.978. The number of alkyl halides is 4. The number of halogens is 5. The highest BCUT2D eigenvalue weighted by atomic mass is 32.1. The van der Waals surface area contributed by atoms with Gasteiger partial charge in [-0.3, -0.25) is 19.3 Å². The van der Waals surface area contributed by atoms with Gasteiger partial charge in [0.1, 0.15) is 17.0 Å². The van der Waals surface area contributed by atoms with Gasteiger partial charge in [0, 0.05) is 25.4 Å². The summed E-state index contributed by atoms with van der Waals surface area (Å²) in [5.41, 5.74) is 0.598. The van der Waals surface area contributed by atoms with Gasteiger partial charge in [-0.2, -0.15) is 0 Å². The second kappa shape index (κ2) is 13.5. The van der Waals surface area contributed by atoms with Crippen molar-refractivity contribution >= 4 is 28.3 Å². The lowest BCUT2D eigenvalue weighted by Gasteiger charge is -2.19. The van der Waals surface area contributed by atoms with Crippen molar-refractivity contribution in [1.82, 2.24) is 35.5 Å². The third-order valence-corrected chi connectivity index (χ3v) is 6.47. The molecule has 11 nitrogen and oxygen atoms in total. The maximum Gasteiger partial charge on any atom is 0.523 e. The van der Waals surface area contributed by atoms with E-state index in [9.17, 15) is 31.5 Å². The van der Waals surface area contributed by atoms with E-state index >= 15 is 0 Å². The Hall–Kier alpha value is -4.12. The average molecular weight is 599 g/mol. The first-order valence-corrected chi connectivity index (χ1v) is 13.0. The van der Waals surface area contributed by atoms with E-state index in [-0.39, 0.29) is 48.8 Å². The first-order valence-electron chi connectivity index (χ1n) is 12.2.